The first-order chi connectivity index (χ1) is 9.91. The van der Waals surface area contributed by atoms with E-state index in [0.717, 1.165) is 6.07 Å². The zero-order valence-corrected chi connectivity index (χ0v) is 10.8. The Morgan fingerprint density at radius 2 is 1.36 bits per heavy atom. The normalized spacial score (nSPS) is 13.6. The van der Waals surface area contributed by atoms with Gasteiger partial charge in [0.05, 0.1) is 0 Å². The van der Waals surface area contributed by atoms with Gasteiger partial charge in [-0.05, 0) is 11.5 Å². The van der Waals surface area contributed by atoms with E-state index in [-0.39, 0.29) is 16.5 Å². The van der Waals surface area contributed by atoms with Gasteiger partial charge in [-0.25, -0.2) is 0 Å². The monoisotopic (exact) mass is 324 g/mol. The quantitative estimate of drug-likeness (QED) is 0.557. The number of nitrogen functional groups attached to an aromatic ring is 2. The number of halogens is 6. The van der Waals surface area contributed by atoms with E-state index in [1.54, 1.807) is 0 Å². The first kappa shape index (κ1) is 16.2. The SMILES string of the molecule is Nc1cccc2ccc(C(O)(C(F)(F)F)C(F)(F)F)c(N)c12. The molecule has 0 aliphatic rings. The first-order valence-electron chi connectivity index (χ1n) is 5.84. The van der Waals surface area contributed by atoms with Gasteiger partial charge in [0.15, 0.2) is 0 Å². The van der Waals surface area contributed by atoms with Crippen LogP contribution in [-0.4, -0.2) is 17.5 Å². The molecule has 120 valence electrons. The van der Waals surface area contributed by atoms with Gasteiger partial charge in [-0.3, -0.25) is 0 Å². The van der Waals surface area contributed by atoms with Crippen molar-refractivity contribution < 1.29 is 31.4 Å². The highest BCUT2D eigenvalue weighted by Crippen LogP contribution is 2.52. The number of rotatable bonds is 1. The van der Waals surface area contributed by atoms with Gasteiger partial charge in [0.1, 0.15) is 0 Å². The number of aliphatic hydroxyl groups is 1. The molecule has 0 saturated heterocycles. The second-order valence-corrected chi connectivity index (χ2v) is 4.68. The molecule has 0 radical (unpaired) electrons. The van der Waals surface area contributed by atoms with Crippen LogP contribution in [0.1, 0.15) is 5.56 Å². The Balaban J connectivity index is 2.88. The Kier molecular flexibility index (Phi) is 3.44. The minimum absolute atomic E-state index is 0.0939. The highest BCUT2D eigenvalue weighted by molar-refractivity contribution is 6.03. The van der Waals surface area contributed by atoms with Gasteiger partial charge in [0, 0.05) is 22.3 Å². The molecular formula is C13H10F6N2O. The molecule has 0 amide bonds. The van der Waals surface area contributed by atoms with Crippen LogP contribution in [0.3, 0.4) is 0 Å². The Labute approximate surface area is 120 Å². The molecular weight excluding hydrogens is 314 g/mol. The van der Waals surface area contributed by atoms with E-state index in [2.05, 4.69) is 0 Å². The Morgan fingerprint density at radius 3 is 1.86 bits per heavy atom. The van der Waals surface area contributed by atoms with Crippen LogP contribution in [0.4, 0.5) is 37.7 Å². The third-order valence-electron chi connectivity index (χ3n) is 3.33. The summed E-state index contributed by atoms with van der Waals surface area (Å²) in [7, 11) is 0. The molecule has 0 unspecified atom stereocenters. The van der Waals surface area contributed by atoms with Gasteiger partial charge in [-0.2, -0.15) is 26.3 Å². The van der Waals surface area contributed by atoms with Gasteiger partial charge in [-0.1, -0.05) is 24.3 Å². The molecule has 0 fully saturated rings. The van der Waals surface area contributed by atoms with Crippen molar-refractivity contribution in [3.63, 3.8) is 0 Å². The maximum atomic E-state index is 12.9. The van der Waals surface area contributed by atoms with Crippen molar-refractivity contribution in [2.75, 3.05) is 11.5 Å². The van der Waals surface area contributed by atoms with E-state index in [0.29, 0.717) is 6.07 Å². The lowest BCUT2D eigenvalue weighted by atomic mass is 9.88. The summed E-state index contributed by atoms with van der Waals surface area (Å²) in [5.74, 6) is 0. The minimum atomic E-state index is -6.00. The fourth-order valence-electron chi connectivity index (χ4n) is 2.22. The number of hydrogen-bond donors (Lipinski definition) is 3. The second kappa shape index (κ2) is 4.67. The third-order valence-corrected chi connectivity index (χ3v) is 3.33. The average molecular weight is 324 g/mol. The maximum absolute atomic E-state index is 12.9. The molecule has 0 bridgehead atoms. The van der Waals surface area contributed by atoms with Gasteiger partial charge < -0.3 is 16.6 Å². The summed E-state index contributed by atoms with van der Waals surface area (Å²) in [6, 6.07) is 5.66. The van der Waals surface area contributed by atoms with Crippen LogP contribution in [0.5, 0.6) is 0 Å². The van der Waals surface area contributed by atoms with Crippen LogP contribution in [0.25, 0.3) is 10.8 Å². The van der Waals surface area contributed by atoms with Crippen molar-refractivity contribution >= 4 is 22.1 Å². The Bertz CT molecular complexity index is 709. The molecule has 3 nitrogen and oxygen atoms in total. The van der Waals surface area contributed by atoms with Gasteiger partial charge >= 0.3 is 12.4 Å². The standard InChI is InChI=1S/C13H10F6N2O/c14-12(15,16)11(22,13(17,18)19)7-5-4-6-2-1-3-8(20)9(6)10(7)21/h1-5,22H,20-21H2. The smallest absolute Gasteiger partial charge is 0.398 e. The predicted octanol–water partition coefficient (Wildman–Crippen LogP) is 3.32. The molecule has 0 heterocycles. The molecule has 22 heavy (non-hydrogen) atoms. The molecule has 9 heteroatoms. The molecule has 0 atom stereocenters. The highest BCUT2D eigenvalue weighted by Gasteiger charge is 2.72. The van der Waals surface area contributed by atoms with Gasteiger partial charge in [0.25, 0.3) is 5.60 Å². The Morgan fingerprint density at radius 1 is 0.818 bits per heavy atom. The van der Waals surface area contributed by atoms with E-state index >= 15 is 0 Å². The zero-order chi connectivity index (χ0) is 16.9. The summed E-state index contributed by atoms with van der Waals surface area (Å²) in [4.78, 5) is 0. The predicted molar refractivity (Wildman–Crippen MR) is 68.8 cm³/mol. The lowest BCUT2D eigenvalue weighted by molar-refractivity contribution is -0.375. The van der Waals surface area contributed by atoms with E-state index < -0.39 is 29.2 Å². The number of benzene rings is 2. The second-order valence-electron chi connectivity index (χ2n) is 4.68. The first-order valence-corrected chi connectivity index (χ1v) is 5.84. The molecule has 0 aliphatic heterocycles. The molecule has 2 rings (SSSR count). The number of anilines is 2. The Hall–Kier alpha value is -2.16. The summed E-state index contributed by atoms with van der Waals surface area (Å²) < 4.78 is 77.5. The van der Waals surface area contributed by atoms with E-state index in [9.17, 15) is 31.4 Å². The molecule has 0 aliphatic carbocycles. The summed E-state index contributed by atoms with van der Waals surface area (Å²) in [6.07, 6.45) is -12.0. The summed E-state index contributed by atoms with van der Waals surface area (Å²) in [5, 5.41) is 9.50. The zero-order valence-electron chi connectivity index (χ0n) is 10.8. The molecule has 2 aromatic carbocycles. The van der Waals surface area contributed by atoms with Crippen molar-refractivity contribution in [3.05, 3.63) is 35.9 Å². The minimum Gasteiger partial charge on any atom is -0.398 e. The third kappa shape index (κ3) is 2.12. The summed E-state index contributed by atoms with van der Waals surface area (Å²) in [6.45, 7) is 0. The van der Waals surface area contributed by atoms with Gasteiger partial charge in [-0.15, -0.1) is 0 Å². The van der Waals surface area contributed by atoms with Crippen LogP contribution in [0.15, 0.2) is 30.3 Å². The number of hydrogen-bond acceptors (Lipinski definition) is 3. The number of fused-ring (bicyclic) bond motifs is 1. The maximum Gasteiger partial charge on any atom is 0.430 e. The molecule has 0 spiro atoms. The summed E-state index contributed by atoms with van der Waals surface area (Å²) >= 11 is 0. The van der Waals surface area contributed by atoms with E-state index in [1.165, 1.54) is 18.2 Å². The fourth-order valence-corrected chi connectivity index (χ4v) is 2.22. The molecule has 2 aromatic rings. The molecule has 0 saturated carbocycles. The van der Waals surface area contributed by atoms with Crippen LogP contribution in [0.2, 0.25) is 0 Å². The number of nitrogens with two attached hydrogens (primary N) is 2. The van der Waals surface area contributed by atoms with E-state index in [4.69, 9.17) is 11.5 Å². The van der Waals surface area contributed by atoms with Crippen LogP contribution < -0.4 is 11.5 Å². The number of alkyl halides is 6. The fraction of sp³-hybridized carbons (Fsp3) is 0.231. The molecule has 0 aromatic heterocycles. The topological polar surface area (TPSA) is 72.3 Å². The highest BCUT2D eigenvalue weighted by atomic mass is 19.4. The average Bonchev–Trinajstić information content (AvgIpc) is 2.35. The van der Waals surface area contributed by atoms with Crippen LogP contribution in [-0.2, 0) is 5.60 Å². The summed E-state index contributed by atoms with van der Waals surface area (Å²) in [5.41, 5.74) is 3.48. The van der Waals surface area contributed by atoms with E-state index in [1.807, 2.05) is 0 Å². The van der Waals surface area contributed by atoms with Crippen molar-refractivity contribution in [1.29, 1.82) is 0 Å². The van der Waals surface area contributed by atoms with Crippen molar-refractivity contribution in [2.45, 2.75) is 18.0 Å². The molecule has 5 N–H and O–H groups in total. The van der Waals surface area contributed by atoms with Gasteiger partial charge in [0.2, 0.25) is 0 Å². The lowest BCUT2D eigenvalue weighted by Crippen LogP contribution is -2.54. The van der Waals surface area contributed by atoms with Crippen molar-refractivity contribution in [1.82, 2.24) is 0 Å². The lowest BCUT2D eigenvalue weighted by Gasteiger charge is -2.33. The van der Waals surface area contributed by atoms with Crippen LogP contribution >= 0.6 is 0 Å². The largest absolute Gasteiger partial charge is 0.430 e. The van der Waals surface area contributed by atoms with Crippen molar-refractivity contribution in [2.24, 2.45) is 0 Å². The van der Waals surface area contributed by atoms with Crippen LogP contribution in [0, 0.1) is 0 Å². The van der Waals surface area contributed by atoms with Crippen molar-refractivity contribution in [3.8, 4) is 0 Å².